The molecule has 0 aliphatic carbocycles. The molecule has 1 atom stereocenters. The summed E-state index contributed by atoms with van der Waals surface area (Å²) in [7, 11) is 0. The third-order valence-corrected chi connectivity index (χ3v) is 2.27. The summed E-state index contributed by atoms with van der Waals surface area (Å²) in [6, 6.07) is 0. The number of rotatable bonds is 2. The number of hydrogen-bond donors (Lipinski definition) is 2. The van der Waals surface area contributed by atoms with E-state index in [2.05, 4.69) is 11.9 Å². The number of nitrogens with zero attached hydrogens (tertiary/aromatic N) is 1. The van der Waals surface area contributed by atoms with Gasteiger partial charge in [-0.05, 0) is 6.08 Å². The first-order chi connectivity index (χ1) is 7.20. The lowest BCUT2D eigenvalue weighted by molar-refractivity contribution is -0.117. The average Bonchev–Trinajstić information content (AvgIpc) is 2.66. The predicted octanol–water partition coefficient (Wildman–Crippen LogP) is 0.0257. The molecule has 0 aromatic carbocycles. The molecule has 2 rings (SSSR count). The first-order valence-corrected chi connectivity index (χ1v) is 4.63. The van der Waals surface area contributed by atoms with Crippen LogP contribution in [0.15, 0.2) is 36.5 Å². The molecule has 0 spiro atoms. The van der Waals surface area contributed by atoms with E-state index < -0.39 is 0 Å². The van der Waals surface area contributed by atoms with E-state index in [9.17, 15) is 4.79 Å². The second-order valence-corrected chi connectivity index (χ2v) is 3.30. The fourth-order valence-electron chi connectivity index (χ4n) is 1.53. The molecule has 0 unspecified atom stereocenters. The van der Waals surface area contributed by atoms with Crippen molar-refractivity contribution in [3.8, 4) is 0 Å². The van der Waals surface area contributed by atoms with Gasteiger partial charge in [0.1, 0.15) is 18.2 Å². The highest BCUT2D eigenvalue weighted by Gasteiger charge is 2.26. The van der Waals surface area contributed by atoms with Gasteiger partial charge in [0.15, 0.2) is 6.23 Å². The lowest BCUT2D eigenvalue weighted by Crippen LogP contribution is -2.40. The van der Waals surface area contributed by atoms with Crippen molar-refractivity contribution in [2.75, 3.05) is 6.61 Å². The number of carbonyl (C=O) groups excluding carboxylic acids is 1. The number of aliphatic hydroxyl groups excluding tert-OH is 1. The number of amides is 1. The normalized spacial score (nSPS) is 25.0. The summed E-state index contributed by atoms with van der Waals surface area (Å²) in [5.41, 5.74) is 0. The minimum Gasteiger partial charge on any atom is -0.472 e. The zero-order valence-corrected chi connectivity index (χ0v) is 8.14. The molecule has 0 aromatic rings. The van der Waals surface area contributed by atoms with Gasteiger partial charge in [-0.25, -0.2) is 0 Å². The van der Waals surface area contributed by atoms with Gasteiger partial charge in [-0.3, -0.25) is 9.69 Å². The minimum absolute atomic E-state index is 0.104. The quantitative estimate of drug-likeness (QED) is 0.672. The molecule has 0 saturated heterocycles. The molecule has 0 bridgehead atoms. The van der Waals surface area contributed by atoms with Crippen molar-refractivity contribution in [1.29, 1.82) is 0 Å². The Morgan fingerprint density at radius 3 is 3.13 bits per heavy atom. The van der Waals surface area contributed by atoms with Crippen LogP contribution in [0.3, 0.4) is 0 Å². The Morgan fingerprint density at radius 2 is 2.53 bits per heavy atom. The molecule has 0 fully saturated rings. The third-order valence-electron chi connectivity index (χ3n) is 2.27. The maximum absolute atomic E-state index is 11.0. The molecular weight excluding hydrogens is 196 g/mol. The van der Waals surface area contributed by atoms with E-state index in [1.807, 2.05) is 6.08 Å². The molecule has 0 radical (unpaired) electrons. The van der Waals surface area contributed by atoms with Crippen LogP contribution < -0.4 is 5.32 Å². The number of ether oxygens (including phenoxy) is 1. The lowest BCUT2D eigenvalue weighted by Gasteiger charge is -2.31. The Morgan fingerprint density at radius 1 is 1.73 bits per heavy atom. The van der Waals surface area contributed by atoms with Crippen molar-refractivity contribution >= 4 is 5.91 Å². The molecular formula is C10H12N2O3. The van der Waals surface area contributed by atoms with Gasteiger partial charge in [0, 0.05) is 18.7 Å². The molecule has 80 valence electrons. The Balaban J connectivity index is 2.04. The maximum atomic E-state index is 11.0. The summed E-state index contributed by atoms with van der Waals surface area (Å²) in [6.07, 6.45) is 5.29. The Hall–Kier alpha value is -1.75. The van der Waals surface area contributed by atoms with Crippen LogP contribution in [0.25, 0.3) is 0 Å². The average molecular weight is 208 g/mol. The molecule has 0 aromatic heterocycles. The highest BCUT2D eigenvalue weighted by molar-refractivity contribution is 5.89. The van der Waals surface area contributed by atoms with E-state index >= 15 is 0 Å². The highest BCUT2D eigenvalue weighted by Crippen LogP contribution is 2.23. The van der Waals surface area contributed by atoms with Gasteiger partial charge >= 0.3 is 0 Å². The lowest BCUT2D eigenvalue weighted by atomic mass is 10.3. The van der Waals surface area contributed by atoms with E-state index in [4.69, 9.17) is 9.84 Å². The maximum Gasteiger partial charge on any atom is 0.250 e. The number of nitrogens with one attached hydrogen (secondary N) is 1. The van der Waals surface area contributed by atoms with Crippen molar-refractivity contribution in [2.24, 2.45) is 0 Å². The van der Waals surface area contributed by atoms with Crippen LogP contribution in [0.2, 0.25) is 0 Å². The van der Waals surface area contributed by atoms with Gasteiger partial charge in [-0.15, -0.1) is 0 Å². The van der Waals surface area contributed by atoms with Crippen molar-refractivity contribution in [2.45, 2.75) is 12.6 Å². The Kier molecular flexibility index (Phi) is 2.47. The number of hydrogen-bond acceptors (Lipinski definition) is 4. The summed E-state index contributed by atoms with van der Waals surface area (Å²) in [5.74, 6) is 0.850. The zero-order chi connectivity index (χ0) is 10.8. The molecule has 5 heteroatoms. The Labute approximate surface area is 87.3 Å². The van der Waals surface area contributed by atoms with Gasteiger partial charge in [0.2, 0.25) is 0 Å². The van der Waals surface area contributed by atoms with Gasteiger partial charge in [0.05, 0.1) is 0 Å². The zero-order valence-electron chi connectivity index (χ0n) is 8.14. The van der Waals surface area contributed by atoms with Gasteiger partial charge in [0.25, 0.3) is 5.91 Å². The van der Waals surface area contributed by atoms with Crippen LogP contribution >= 0.6 is 0 Å². The van der Waals surface area contributed by atoms with Crippen LogP contribution in [-0.2, 0) is 9.53 Å². The standard InChI is InChI=1S/C10H12N2O3/c1-7-11-9(14)4-5-12(7)10-3-2-8(6-13)15-10/h2,4-5,10,13H,1,3,6H2,(H,11,14)/t10-/m1/s1. The largest absolute Gasteiger partial charge is 0.472 e. The van der Waals surface area contributed by atoms with E-state index in [0.717, 1.165) is 0 Å². The van der Waals surface area contributed by atoms with Gasteiger partial charge in [-0.1, -0.05) is 6.58 Å². The van der Waals surface area contributed by atoms with Crippen molar-refractivity contribution in [1.82, 2.24) is 10.2 Å². The van der Waals surface area contributed by atoms with E-state index in [1.54, 1.807) is 11.1 Å². The summed E-state index contributed by atoms with van der Waals surface area (Å²) < 4.78 is 5.43. The van der Waals surface area contributed by atoms with Crippen molar-refractivity contribution in [3.63, 3.8) is 0 Å². The first kappa shape index (κ1) is 9.79. The first-order valence-electron chi connectivity index (χ1n) is 4.63. The summed E-state index contributed by atoms with van der Waals surface area (Å²) >= 11 is 0. The topological polar surface area (TPSA) is 61.8 Å². The second-order valence-electron chi connectivity index (χ2n) is 3.30. The van der Waals surface area contributed by atoms with E-state index in [1.165, 1.54) is 6.08 Å². The highest BCUT2D eigenvalue weighted by atomic mass is 16.5. The van der Waals surface area contributed by atoms with Crippen molar-refractivity contribution < 1.29 is 14.6 Å². The molecule has 2 aliphatic rings. The second kappa shape index (κ2) is 3.78. The monoisotopic (exact) mass is 208 g/mol. The molecule has 15 heavy (non-hydrogen) atoms. The van der Waals surface area contributed by atoms with Crippen LogP contribution in [-0.4, -0.2) is 28.7 Å². The van der Waals surface area contributed by atoms with Crippen LogP contribution in [0, 0.1) is 0 Å². The number of aliphatic hydroxyl groups is 1. The predicted molar refractivity (Wildman–Crippen MR) is 52.9 cm³/mol. The molecule has 0 saturated carbocycles. The third kappa shape index (κ3) is 1.87. The van der Waals surface area contributed by atoms with Crippen molar-refractivity contribution in [3.05, 3.63) is 36.5 Å². The van der Waals surface area contributed by atoms with E-state index in [0.29, 0.717) is 18.0 Å². The smallest absolute Gasteiger partial charge is 0.250 e. The molecule has 2 N–H and O–H groups in total. The Bertz CT molecular complexity index is 360. The molecule has 2 heterocycles. The fourth-order valence-corrected chi connectivity index (χ4v) is 1.53. The number of carbonyl (C=O) groups is 1. The summed E-state index contributed by atoms with van der Waals surface area (Å²) in [5, 5.41) is 11.4. The van der Waals surface area contributed by atoms with E-state index in [-0.39, 0.29) is 18.7 Å². The van der Waals surface area contributed by atoms with Gasteiger partial charge < -0.3 is 15.2 Å². The molecule has 2 aliphatic heterocycles. The van der Waals surface area contributed by atoms with Crippen LogP contribution in [0.5, 0.6) is 0 Å². The molecule has 1 amide bonds. The minimum atomic E-state index is -0.225. The fraction of sp³-hybridized carbons (Fsp3) is 0.300. The summed E-state index contributed by atoms with van der Waals surface area (Å²) in [4.78, 5) is 12.7. The van der Waals surface area contributed by atoms with Gasteiger partial charge in [-0.2, -0.15) is 0 Å². The molecule has 5 nitrogen and oxygen atoms in total. The SMILES string of the molecule is C=C1NC(=O)C=CN1[C@H]1CC=C(CO)O1. The summed E-state index contributed by atoms with van der Waals surface area (Å²) in [6.45, 7) is 3.61. The van der Waals surface area contributed by atoms with Crippen LogP contribution in [0.1, 0.15) is 6.42 Å². The van der Waals surface area contributed by atoms with Crippen LogP contribution in [0.4, 0.5) is 0 Å².